The summed E-state index contributed by atoms with van der Waals surface area (Å²) in [5, 5.41) is 2.74. The number of hydrogen-bond donors (Lipinski definition) is 2. The Kier molecular flexibility index (Phi) is 3.95. The maximum atomic E-state index is 13.2. The number of Topliss-reactive ketones (excluding diaryl/α,β-unsaturated/α-hetero) is 1. The van der Waals surface area contributed by atoms with Crippen LogP contribution < -0.4 is 5.32 Å². The highest BCUT2D eigenvalue weighted by Gasteiger charge is 2.58. The molecule has 3 aromatic rings. The smallest absolute Gasteiger partial charge is 0.222 e. The predicted octanol–water partition coefficient (Wildman–Crippen LogP) is 4.39. The highest BCUT2D eigenvalue weighted by molar-refractivity contribution is 6.05. The summed E-state index contributed by atoms with van der Waals surface area (Å²) >= 11 is 0. The van der Waals surface area contributed by atoms with Crippen LogP contribution in [-0.4, -0.2) is 21.7 Å². The largest absolute Gasteiger partial charge is 0.358 e. The zero-order chi connectivity index (χ0) is 20.2. The van der Waals surface area contributed by atoms with E-state index in [1.165, 1.54) is 12.5 Å². The van der Waals surface area contributed by atoms with Crippen LogP contribution in [0.25, 0.3) is 11.3 Å². The summed E-state index contributed by atoms with van der Waals surface area (Å²) < 4.78 is 0. The van der Waals surface area contributed by atoms with Crippen molar-refractivity contribution in [3.05, 3.63) is 71.0 Å². The first-order chi connectivity index (χ1) is 13.9. The molecule has 1 fully saturated rings. The van der Waals surface area contributed by atoms with Gasteiger partial charge in [-0.3, -0.25) is 9.59 Å². The number of anilines is 1. The number of amides is 1. The van der Waals surface area contributed by atoms with Gasteiger partial charge < -0.3 is 10.3 Å². The first-order valence-electron chi connectivity index (χ1n) is 10.0. The van der Waals surface area contributed by atoms with Crippen molar-refractivity contribution < 1.29 is 9.59 Å². The quantitative estimate of drug-likeness (QED) is 0.699. The molecule has 1 saturated carbocycles. The fourth-order valence-corrected chi connectivity index (χ4v) is 4.67. The summed E-state index contributed by atoms with van der Waals surface area (Å²) in [5.74, 6) is 0.779. The van der Waals surface area contributed by atoms with Crippen LogP contribution in [0.3, 0.4) is 0 Å². The molecule has 0 spiro atoms. The van der Waals surface area contributed by atoms with Gasteiger partial charge in [-0.05, 0) is 41.5 Å². The predicted molar refractivity (Wildman–Crippen MR) is 112 cm³/mol. The number of carbonyl (C=O) groups excluding carboxylic acids is 2. The van der Waals surface area contributed by atoms with Gasteiger partial charge in [0.15, 0.2) is 5.78 Å². The van der Waals surface area contributed by atoms with Gasteiger partial charge in [0.05, 0.1) is 5.69 Å². The van der Waals surface area contributed by atoms with E-state index in [1.807, 2.05) is 30.3 Å². The van der Waals surface area contributed by atoms with Crippen LogP contribution in [0.1, 0.15) is 47.4 Å². The monoisotopic (exact) mass is 385 g/mol. The van der Waals surface area contributed by atoms with Crippen LogP contribution in [0.4, 0.5) is 5.82 Å². The Labute approximate surface area is 169 Å². The molecule has 146 valence electrons. The number of pyridine rings is 1. The third-order valence-electron chi connectivity index (χ3n) is 6.25. The lowest BCUT2D eigenvalue weighted by Crippen LogP contribution is -2.20. The van der Waals surface area contributed by atoms with Crippen molar-refractivity contribution in [2.75, 3.05) is 5.32 Å². The molecule has 2 aliphatic carbocycles. The molecule has 0 bridgehead atoms. The number of nitrogens with zero attached hydrogens (tertiary/aromatic N) is 1. The lowest BCUT2D eigenvalue weighted by molar-refractivity contribution is -0.114. The molecule has 1 aromatic carbocycles. The van der Waals surface area contributed by atoms with Crippen molar-refractivity contribution in [3.8, 4) is 11.3 Å². The van der Waals surface area contributed by atoms with Gasteiger partial charge in [0.1, 0.15) is 5.82 Å². The van der Waals surface area contributed by atoms with Gasteiger partial charge in [-0.15, -0.1) is 0 Å². The minimum absolute atomic E-state index is 0.107. The molecule has 1 amide bonds. The summed E-state index contributed by atoms with van der Waals surface area (Å²) in [6, 6.07) is 14.0. The SMILES string of the molecule is CC(=O)Nc1cc(-c2[nH]c3c(c2Cc2ccccc2)C(=O)[C@H]2C[C@@]2(C)C3)ccn1. The highest BCUT2D eigenvalue weighted by Crippen LogP contribution is 2.59. The number of aromatic amines is 1. The molecule has 5 nitrogen and oxygen atoms in total. The highest BCUT2D eigenvalue weighted by atomic mass is 16.1. The first-order valence-corrected chi connectivity index (χ1v) is 10.0. The second kappa shape index (κ2) is 6.41. The van der Waals surface area contributed by atoms with E-state index in [-0.39, 0.29) is 23.0 Å². The van der Waals surface area contributed by atoms with E-state index in [4.69, 9.17) is 0 Å². The van der Waals surface area contributed by atoms with Crippen LogP contribution in [0.15, 0.2) is 48.7 Å². The number of rotatable bonds is 4. The van der Waals surface area contributed by atoms with Crippen LogP contribution in [-0.2, 0) is 17.6 Å². The molecule has 2 atom stereocenters. The molecule has 29 heavy (non-hydrogen) atoms. The summed E-state index contributed by atoms with van der Waals surface area (Å²) in [7, 11) is 0. The molecule has 0 radical (unpaired) electrons. The Morgan fingerprint density at radius 1 is 1.28 bits per heavy atom. The molecule has 0 saturated heterocycles. The molecule has 2 N–H and O–H groups in total. The minimum Gasteiger partial charge on any atom is -0.358 e. The molecule has 0 aliphatic heterocycles. The topological polar surface area (TPSA) is 74.8 Å². The molecule has 2 aliphatic rings. The first kappa shape index (κ1) is 17.9. The van der Waals surface area contributed by atoms with Crippen molar-refractivity contribution in [1.29, 1.82) is 0 Å². The number of fused-ring (bicyclic) bond motifs is 2. The lowest BCUT2D eigenvalue weighted by atomic mass is 9.84. The fraction of sp³-hybridized carbons (Fsp3) is 0.292. The average Bonchev–Trinajstić information content (AvgIpc) is 3.25. The van der Waals surface area contributed by atoms with Gasteiger partial charge in [0.2, 0.25) is 5.91 Å². The number of aromatic nitrogens is 2. The van der Waals surface area contributed by atoms with E-state index in [0.717, 1.165) is 40.9 Å². The van der Waals surface area contributed by atoms with Crippen LogP contribution in [0.5, 0.6) is 0 Å². The maximum absolute atomic E-state index is 13.2. The zero-order valence-electron chi connectivity index (χ0n) is 16.6. The van der Waals surface area contributed by atoms with Crippen LogP contribution in [0, 0.1) is 11.3 Å². The Bertz CT molecular complexity index is 1130. The molecule has 5 heteroatoms. The van der Waals surface area contributed by atoms with Crippen molar-refractivity contribution in [2.45, 2.75) is 33.1 Å². The van der Waals surface area contributed by atoms with Crippen molar-refractivity contribution >= 4 is 17.5 Å². The Morgan fingerprint density at radius 2 is 2.07 bits per heavy atom. The summed E-state index contributed by atoms with van der Waals surface area (Å²) in [4.78, 5) is 32.5. The van der Waals surface area contributed by atoms with Gasteiger partial charge in [-0.1, -0.05) is 37.3 Å². The second-order valence-electron chi connectivity index (χ2n) is 8.56. The van der Waals surface area contributed by atoms with Crippen molar-refractivity contribution in [3.63, 3.8) is 0 Å². The van der Waals surface area contributed by atoms with E-state index in [9.17, 15) is 9.59 Å². The molecule has 0 unspecified atom stereocenters. The Balaban J connectivity index is 1.64. The number of ketones is 1. The number of benzene rings is 1. The molecule has 5 rings (SSSR count). The number of hydrogen-bond acceptors (Lipinski definition) is 3. The Hall–Kier alpha value is -3.21. The normalized spacial score (nSPS) is 22.0. The third kappa shape index (κ3) is 3.07. The zero-order valence-corrected chi connectivity index (χ0v) is 16.6. The average molecular weight is 385 g/mol. The minimum atomic E-state index is -0.159. The summed E-state index contributed by atoms with van der Waals surface area (Å²) in [6.07, 6.45) is 4.27. The van der Waals surface area contributed by atoms with Gasteiger partial charge in [0, 0.05) is 42.3 Å². The maximum Gasteiger partial charge on any atom is 0.222 e. The summed E-state index contributed by atoms with van der Waals surface area (Å²) in [5.41, 5.74) is 6.12. The van der Waals surface area contributed by atoms with Crippen LogP contribution >= 0.6 is 0 Å². The van der Waals surface area contributed by atoms with E-state index in [1.54, 1.807) is 6.20 Å². The van der Waals surface area contributed by atoms with E-state index in [0.29, 0.717) is 12.2 Å². The molecular formula is C24H23N3O2. The number of nitrogens with one attached hydrogen (secondary N) is 2. The fourth-order valence-electron chi connectivity index (χ4n) is 4.67. The van der Waals surface area contributed by atoms with E-state index >= 15 is 0 Å². The Morgan fingerprint density at radius 3 is 2.83 bits per heavy atom. The standard InChI is InChI=1S/C24H23N3O2/c1-14(28)26-20-11-16(8-9-25-20)22-17(10-15-6-4-3-5-7-15)21-19(27-22)13-24(2)12-18(24)23(21)29/h3-9,11,18,27H,10,12-13H2,1-2H3,(H,25,26,28)/t18-,24+/m1/s1. The van der Waals surface area contributed by atoms with Gasteiger partial charge in [0.25, 0.3) is 0 Å². The summed E-state index contributed by atoms with van der Waals surface area (Å²) in [6.45, 7) is 3.67. The van der Waals surface area contributed by atoms with Crippen molar-refractivity contribution in [2.24, 2.45) is 11.3 Å². The van der Waals surface area contributed by atoms with Crippen LogP contribution in [0.2, 0.25) is 0 Å². The molecular weight excluding hydrogens is 362 g/mol. The third-order valence-corrected chi connectivity index (χ3v) is 6.25. The van der Waals surface area contributed by atoms with Gasteiger partial charge >= 0.3 is 0 Å². The number of carbonyl (C=O) groups is 2. The van der Waals surface area contributed by atoms with E-state index < -0.39 is 0 Å². The number of H-pyrrole nitrogens is 1. The van der Waals surface area contributed by atoms with Crippen molar-refractivity contribution in [1.82, 2.24) is 9.97 Å². The lowest BCUT2D eigenvalue weighted by Gasteiger charge is -2.17. The van der Waals surface area contributed by atoms with Gasteiger partial charge in [-0.25, -0.2) is 4.98 Å². The molecule has 2 aromatic heterocycles. The molecule has 2 heterocycles. The second-order valence-corrected chi connectivity index (χ2v) is 8.56. The van der Waals surface area contributed by atoms with Gasteiger partial charge in [-0.2, -0.15) is 0 Å². The van der Waals surface area contributed by atoms with E-state index in [2.05, 4.69) is 34.3 Å².